The van der Waals surface area contributed by atoms with E-state index in [0.29, 0.717) is 12.1 Å². The van der Waals surface area contributed by atoms with Crippen LogP contribution in [0.2, 0.25) is 0 Å². The smallest absolute Gasteiger partial charge is 0.257 e. The number of carbonyl (C=O) groups is 1. The van der Waals surface area contributed by atoms with E-state index in [1.54, 1.807) is 22.8 Å². The monoisotopic (exact) mass is 251 g/mol. The van der Waals surface area contributed by atoms with Gasteiger partial charge in [0, 0.05) is 26.3 Å². The van der Waals surface area contributed by atoms with Crippen LogP contribution >= 0.6 is 0 Å². The van der Waals surface area contributed by atoms with E-state index in [9.17, 15) is 9.90 Å². The van der Waals surface area contributed by atoms with Crippen molar-refractivity contribution in [2.45, 2.75) is 38.2 Å². The maximum absolute atomic E-state index is 12.3. The molecule has 100 valence electrons. The van der Waals surface area contributed by atoms with Crippen LogP contribution in [-0.4, -0.2) is 44.9 Å². The highest BCUT2D eigenvalue weighted by atomic mass is 16.3. The van der Waals surface area contributed by atoms with E-state index in [1.807, 2.05) is 14.0 Å². The summed E-state index contributed by atoms with van der Waals surface area (Å²) in [5.41, 5.74) is 0.771. The third kappa shape index (κ3) is 2.41. The number of hydrogen-bond donors (Lipinski definition) is 1. The molecule has 0 unspecified atom stereocenters. The van der Waals surface area contributed by atoms with Gasteiger partial charge in [-0.25, -0.2) is 0 Å². The third-order valence-corrected chi connectivity index (χ3v) is 3.88. The van der Waals surface area contributed by atoms with Crippen LogP contribution in [-0.2, 0) is 7.05 Å². The molecule has 18 heavy (non-hydrogen) atoms. The van der Waals surface area contributed by atoms with Crippen LogP contribution in [0.3, 0.4) is 0 Å². The lowest BCUT2D eigenvalue weighted by Gasteiger charge is -2.28. The minimum Gasteiger partial charge on any atom is -0.388 e. The molecule has 1 aliphatic carbocycles. The molecular weight excluding hydrogens is 230 g/mol. The van der Waals surface area contributed by atoms with Gasteiger partial charge in [-0.1, -0.05) is 12.8 Å². The highest BCUT2D eigenvalue weighted by molar-refractivity contribution is 5.94. The Labute approximate surface area is 107 Å². The molecule has 0 saturated heterocycles. The molecule has 2 rings (SSSR count). The zero-order chi connectivity index (χ0) is 13.3. The molecule has 1 saturated carbocycles. The SMILES string of the molecule is Cc1c(C(=O)N(C)CC2(O)CCCC2)cnn1C. The molecule has 0 aliphatic heterocycles. The Morgan fingerprint density at radius 2 is 2.17 bits per heavy atom. The van der Waals surface area contributed by atoms with Crippen molar-refractivity contribution in [2.75, 3.05) is 13.6 Å². The first-order valence-corrected chi connectivity index (χ1v) is 6.39. The second-order valence-corrected chi connectivity index (χ2v) is 5.36. The number of aliphatic hydroxyl groups is 1. The number of amides is 1. The van der Waals surface area contributed by atoms with Gasteiger partial charge in [0.2, 0.25) is 0 Å². The number of likely N-dealkylation sites (N-methyl/N-ethyl adjacent to an activating group) is 1. The van der Waals surface area contributed by atoms with Crippen molar-refractivity contribution in [1.29, 1.82) is 0 Å². The van der Waals surface area contributed by atoms with Crippen LogP contribution in [0.25, 0.3) is 0 Å². The Morgan fingerprint density at radius 1 is 1.56 bits per heavy atom. The molecule has 1 amide bonds. The van der Waals surface area contributed by atoms with Crippen LogP contribution in [0, 0.1) is 6.92 Å². The number of aryl methyl sites for hydroxylation is 1. The van der Waals surface area contributed by atoms with Crippen LogP contribution in [0.15, 0.2) is 6.20 Å². The third-order valence-electron chi connectivity index (χ3n) is 3.88. The Hall–Kier alpha value is -1.36. The van der Waals surface area contributed by atoms with E-state index in [0.717, 1.165) is 31.4 Å². The minimum atomic E-state index is -0.694. The number of hydrogen-bond acceptors (Lipinski definition) is 3. The van der Waals surface area contributed by atoms with Gasteiger partial charge in [0.25, 0.3) is 5.91 Å². The highest BCUT2D eigenvalue weighted by Gasteiger charge is 2.34. The van der Waals surface area contributed by atoms with Crippen molar-refractivity contribution in [3.63, 3.8) is 0 Å². The first-order valence-electron chi connectivity index (χ1n) is 6.39. The summed E-state index contributed by atoms with van der Waals surface area (Å²) in [6, 6.07) is 0. The summed E-state index contributed by atoms with van der Waals surface area (Å²) in [7, 11) is 3.56. The van der Waals surface area contributed by atoms with Crippen molar-refractivity contribution in [1.82, 2.24) is 14.7 Å². The zero-order valence-corrected chi connectivity index (χ0v) is 11.3. The predicted octanol–water partition coefficient (Wildman–Crippen LogP) is 1.11. The van der Waals surface area contributed by atoms with Gasteiger partial charge in [-0.3, -0.25) is 9.48 Å². The van der Waals surface area contributed by atoms with Crippen molar-refractivity contribution >= 4 is 5.91 Å². The topological polar surface area (TPSA) is 58.4 Å². The van der Waals surface area contributed by atoms with Gasteiger partial charge >= 0.3 is 0 Å². The maximum atomic E-state index is 12.3. The fourth-order valence-corrected chi connectivity index (χ4v) is 2.62. The molecule has 5 nitrogen and oxygen atoms in total. The molecule has 1 aromatic rings. The van der Waals surface area contributed by atoms with E-state index in [2.05, 4.69) is 5.10 Å². The molecule has 0 atom stereocenters. The molecule has 0 aromatic carbocycles. The zero-order valence-electron chi connectivity index (χ0n) is 11.3. The van der Waals surface area contributed by atoms with E-state index in [-0.39, 0.29) is 5.91 Å². The molecule has 1 fully saturated rings. The second-order valence-electron chi connectivity index (χ2n) is 5.36. The van der Waals surface area contributed by atoms with Crippen LogP contribution in [0.5, 0.6) is 0 Å². The lowest BCUT2D eigenvalue weighted by atomic mass is 10.0. The molecule has 1 heterocycles. The van der Waals surface area contributed by atoms with Gasteiger partial charge in [0.15, 0.2) is 0 Å². The Balaban J connectivity index is 2.07. The predicted molar refractivity (Wildman–Crippen MR) is 68.3 cm³/mol. The van der Waals surface area contributed by atoms with Gasteiger partial charge in [-0.15, -0.1) is 0 Å². The summed E-state index contributed by atoms with van der Waals surface area (Å²) >= 11 is 0. The van der Waals surface area contributed by atoms with Crippen molar-refractivity contribution < 1.29 is 9.90 Å². The summed E-state index contributed by atoms with van der Waals surface area (Å²) in [6.45, 7) is 2.28. The van der Waals surface area contributed by atoms with Crippen LogP contribution in [0.1, 0.15) is 41.7 Å². The Bertz CT molecular complexity index is 447. The summed E-state index contributed by atoms with van der Waals surface area (Å²) in [5, 5.41) is 14.4. The van der Waals surface area contributed by atoms with Crippen molar-refractivity contribution in [2.24, 2.45) is 7.05 Å². The lowest BCUT2D eigenvalue weighted by molar-refractivity contribution is 0.0156. The van der Waals surface area contributed by atoms with Crippen LogP contribution in [0.4, 0.5) is 0 Å². The molecular formula is C13H21N3O2. The number of rotatable bonds is 3. The fourth-order valence-electron chi connectivity index (χ4n) is 2.62. The fraction of sp³-hybridized carbons (Fsp3) is 0.692. The summed E-state index contributed by atoms with van der Waals surface area (Å²) in [5.74, 6) is -0.0686. The van der Waals surface area contributed by atoms with Gasteiger partial charge < -0.3 is 10.0 Å². The highest BCUT2D eigenvalue weighted by Crippen LogP contribution is 2.30. The molecule has 5 heteroatoms. The standard InChI is InChI=1S/C13H21N3O2/c1-10-11(8-14-16(10)3)12(17)15(2)9-13(18)6-4-5-7-13/h8,18H,4-7,9H2,1-3H3. The second kappa shape index (κ2) is 4.72. The van der Waals surface area contributed by atoms with E-state index < -0.39 is 5.60 Å². The summed E-state index contributed by atoms with van der Waals surface area (Å²) < 4.78 is 1.69. The first kappa shape index (κ1) is 13.1. The van der Waals surface area contributed by atoms with E-state index >= 15 is 0 Å². The number of nitrogens with zero attached hydrogens (tertiary/aromatic N) is 3. The molecule has 0 spiro atoms. The lowest BCUT2D eigenvalue weighted by Crippen LogP contribution is -2.42. The largest absolute Gasteiger partial charge is 0.388 e. The van der Waals surface area contributed by atoms with Crippen LogP contribution < -0.4 is 0 Å². The van der Waals surface area contributed by atoms with Gasteiger partial charge in [0.1, 0.15) is 0 Å². The Kier molecular flexibility index (Phi) is 3.43. The number of aromatic nitrogens is 2. The van der Waals surface area contributed by atoms with Crippen molar-refractivity contribution in [3.05, 3.63) is 17.5 Å². The quantitative estimate of drug-likeness (QED) is 0.875. The number of carbonyl (C=O) groups excluding carboxylic acids is 1. The molecule has 1 aromatic heterocycles. The molecule has 0 bridgehead atoms. The Morgan fingerprint density at radius 3 is 2.67 bits per heavy atom. The summed E-state index contributed by atoms with van der Waals surface area (Å²) in [6.07, 6.45) is 5.26. The minimum absolute atomic E-state index is 0.0686. The maximum Gasteiger partial charge on any atom is 0.257 e. The van der Waals surface area contributed by atoms with E-state index in [4.69, 9.17) is 0 Å². The van der Waals surface area contributed by atoms with Gasteiger partial charge in [-0.05, 0) is 19.8 Å². The molecule has 1 aliphatic rings. The van der Waals surface area contributed by atoms with Gasteiger partial charge in [-0.2, -0.15) is 5.10 Å². The van der Waals surface area contributed by atoms with Crippen molar-refractivity contribution in [3.8, 4) is 0 Å². The van der Waals surface area contributed by atoms with E-state index in [1.165, 1.54) is 0 Å². The van der Waals surface area contributed by atoms with Gasteiger partial charge in [0.05, 0.1) is 17.4 Å². The average molecular weight is 251 g/mol. The summed E-state index contributed by atoms with van der Waals surface area (Å²) in [4.78, 5) is 13.9. The average Bonchev–Trinajstić information content (AvgIpc) is 2.87. The normalized spacial score (nSPS) is 18.0. The first-order chi connectivity index (χ1) is 8.43. The molecule has 1 N–H and O–H groups in total. The molecule has 0 radical (unpaired) electrons.